The van der Waals surface area contributed by atoms with Crippen molar-refractivity contribution in [3.8, 4) is 0 Å². The van der Waals surface area contributed by atoms with Gasteiger partial charge in [0.1, 0.15) is 5.60 Å². The molecule has 1 amide bonds. The zero-order chi connectivity index (χ0) is 16.0. The van der Waals surface area contributed by atoms with Crippen LogP contribution in [0.25, 0.3) is 0 Å². The molecule has 1 saturated carbocycles. The molecule has 2 aromatic rings. The quantitative estimate of drug-likeness (QED) is 0.926. The van der Waals surface area contributed by atoms with E-state index in [9.17, 15) is 9.90 Å². The van der Waals surface area contributed by atoms with Crippen molar-refractivity contribution in [2.75, 3.05) is 13.1 Å². The number of fused-ring (bicyclic) bond motifs is 1. The van der Waals surface area contributed by atoms with E-state index in [1.165, 1.54) is 6.26 Å². The summed E-state index contributed by atoms with van der Waals surface area (Å²) in [6.07, 6.45) is 6.31. The Morgan fingerprint density at radius 1 is 1.35 bits per heavy atom. The van der Waals surface area contributed by atoms with E-state index in [0.717, 1.165) is 25.0 Å². The standard InChI is InChI=1S/C18H22N2O3/c1-19-9-3-7-16(19)18(22)8-2-5-13-11-20(12-14(13)18)17(21)15-6-4-10-23-15/h3-4,6-7,9-10,13-14,22H,2,5,8,11-12H2,1H3. The number of nitrogens with zero attached hydrogens (tertiary/aromatic N) is 2. The van der Waals surface area contributed by atoms with Crippen LogP contribution in [0.1, 0.15) is 35.5 Å². The number of carbonyl (C=O) groups excluding carboxylic acids is 1. The highest BCUT2D eigenvalue weighted by molar-refractivity contribution is 5.91. The molecule has 2 aromatic heterocycles. The van der Waals surface area contributed by atoms with Crippen LogP contribution >= 0.6 is 0 Å². The number of hydrogen-bond acceptors (Lipinski definition) is 3. The number of rotatable bonds is 2. The predicted molar refractivity (Wildman–Crippen MR) is 84.8 cm³/mol. The molecule has 0 spiro atoms. The maximum Gasteiger partial charge on any atom is 0.289 e. The summed E-state index contributed by atoms with van der Waals surface area (Å²) < 4.78 is 7.25. The summed E-state index contributed by atoms with van der Waals surface area (Å²) in [5.41, 5.74) is 0.110. The summed E-state index contributed by atoms with van der Waals surface area (Å²) in [5, 5.41) is 11.4. The van der Waals surface area contributed by atoms with E-state index in [4.69, 9.17) is 4.42 Å². The number of aromatic nitrogens is 1. The van der Waals surface area contributed by atoms with E-state index in [1.807, 2.05) is 34.8 Å². The highest BCUT2D eigenvalue weighted by Gasteiger charge is 2.51. The van der Waals surface area contributed by atoms with Crippen molar-refractivity contribution in [2.45, 2.75) is 24.9 Å². The Morgan fingerprint density at radius 3 is 2.91 bits per heavy atom. The van der Waals surface area contributed by atoms with Crippen molar-refractivity contribution >= 4 is 5.91 Å². The zero-order valence-electron chi connectivity index (χ0n) is 13.3. The molecule has 1 aliphatic carbocycles. The fourth-order valence-corrected chi connectivity index (χ4v) is 4.47. The van der Waals surface area contributed by atoms with Gasteiger partial charge in [-0.25, -0.2) is 0 Å². The summed E-state index contributed by atoms with van der Waals surface area (Å²) in [7, 11) is 1.97. The van der Waals surface area contributed by atoms with Gasteiger partial charge in [0.15, 0.2) is 5.76 Å². The molecule has 2 fully saturated rings. The molecule has 3 atom stereocenters. The zero-order valence-corrected chi connectivity index (χ0v) is 13.3. The van der Waals surface area contributed by atoms with Crippen LogP contribution in [0.4, 0.5) is 0 Å². The maximum absolute atomic E-state index is 12.6. The lowest BCUT2D eigenvalue weighted by Crippen LogP contribution is -2.44. The molecule has 23 heavy (non-hydrogen) atoms. The monoisotopic (exact) mass is 314 g/mol. The van der Waals surface area contributed by atoms with Gasteiger partial charge in [0.25, 0.3) is 5.91 Å². The molecule has 3 heterocycles. The van der Waals surface area contributed by atoms with E-state index in [2.05, 4.69) is 0 Å². The molecule has 0 aromatic carbocycles. The first kappa shape index (κ1) is 14.6. The molecule has 1 N–H and O–H groups in total. The second kappa shape index (κ2) is 5.27. The largest absolute Gasteiger partial charge is 0.459 e. The van der Waals surface area contributed by atoms with Crippen LogP contribution in [0.15, 0.2) is 41.1 Å². The first-order chi connectivity index (χ1) is 11.1. The molecule has 2 aliphatic rings. The molecule has 0 bridgehead atoms. The first-order valence-electron chi connectivity index (χ1n) is 8.26. The number of aliphatic hydroxyl groups is 1. The molecule has 1 saturated heterocycles. The molecule has 5 heteroatoms. The molecule has 5 nitrogen and oxygen atoms in total. The smallest absolute Gasteiger partial charge is 0.289 e. The van der Waals surface area contributed by atoms with Gasteiger partial charge in [0.05, 0.1) is 6.26 Å². The first-order valence-corrected chi connectivity index (χ1v) is 8.26. The van der Waals surface area contributed by atoms with Crippen LogP contribution < -0.4 is 0 Å². The highest BCUT2D eigenvalue weighted by atomic mass is 16.3. The van der Waals surface area contributed by atoms with Crippen LogP contribution in [-0.4, -0.2) is 33.6 Å². The third kappa shape index (κ3) is 2.22. The number of likely N-dealkylation sites (tertiary alicyclic amines) is 1. The van der Waals surface area contributed by atoms with Gasteiger partial charge >= 0.3 is 0 Å². The van der Waals surface area contributed by atoms with E-state index < -0.39 is 5.60 Å². The molecule has 122 valence electrons. The van der Waals surface area contributed by atoms with E-state index >= 15 is 0 Å². The summed E-state index contributed by atoms with van der Waals surface area (Å²) >= 11 is 0. The van der Waals surface area contributed by atoms with Crippen LogP contribution in [0.3, 0.4) is 0 Å². The Kier molecular flexibility index (Phi) is 3.34. The minimum absolute atomic E-state index is 0.0707. The third-order valence-corrected chi connectivity index (χ3v) is 5.59. The van der Waals surface area contributed by atoms with Gasteiger partial charge in [0.2, 0.25) is 0 Å². The second-order valence-electron chi connectivity index (χ2n) is 6.87. The molecule has 0 radical (unpaired) electrons. The lowest BCUT2D eigenvalue weighted by Gasteiger charge is -2.41. The van der Waals surface area contributed by atoms with E-state index in [1.54, 1.807) is 12.1 Å². The lowest BCUT2D eigenvalue weighted by atomic mass is 9.69. The second-order valence-corrected chi connectivity index (χ2v) is 6.87. The number of aryl methyl sites for hydroxylation is 1. The summed E-state index contributed by atoms with van der Waals surface area (Å²) in [4.78, 5) is 14.4. The lowest BCUT2D eigenvalue weighted by molar-refractivity contribution is -0.0697. The summed E-state index contributed by atoms with van der Waals surface area (Å²) in [5.74, 6) is 0.746. The number of carbonyl (C=O) groups is 1. The Morgan fingerprint density at radius 2 is 2.22 bits per heavy atom. The average Bonchev–Trinajstić information content (AvgIpc) is 3.27. The third-order valence-electron chi connectivity index (χ3n) is 5.59. The molecular formula is C18H22N2O3. The van der Waals surface area contributed by atoms with Crippen molar-refractivity contribution in [3.63, 3.8) is 0 Å². The van der Waals surface area contributed by atoms with Crippen molar-refractivity contribution < 1.29 is 14.3 Å². The van der Waals surface area contributed by atoms with Gasteiger partial charge < -0.3 is 19.0 Å². The minimum Gasteiger partial charge on any atom is -0.459 e. The van der Waals surface area contributed by atoms with Crippen molar-refractivity contribution in [3.05, 3.63) is 48.2 Å². The SMILES string of the molecule is Cn1cccc1C1(O)CCCC2CN(C(=O)c3ccco3)CC21. The predicted octanol–water partition coefficient (Wildman–Crippen LogP) is 2.38. The molecule has 1 aliphatic heterocycles. The number of hydrogen-bond donors (Lipinski definition) is 1. The van der Waals surface area contributed by atoms with E-state index in [0.29, 0.717) is 24.8 Å². The van der Waals surface area contributed by atoms with Gasteiger partial charge in [-0.2, -0.15) is 0 Å². The average molecular weight is 314 g/mol. The highest BCUT2D eigenvalue weighted by Crippen LogP contribution is 2.48. The molecule has 3 unspecified atom stereocenters. The summed E-state index contributed by atoms with van der Waals surface area (Å²) in [6.45, 7) is 1.29. The Labute approximate surface area is 135 Å². The Bertz CT molecular complexity index is 706. The topological polar surface area (TPSA) is 58.6 Å². The van der Waals surface area contributed by atoms with Crippen LogP contribution in [0, 0.1) is 11.8 Å². The molecular weight excluding hydrogens is 292 g/mol. The maximum atomic E-state index is 12.6. The fourth-order valence-electron chi connectivity index (χ4n) is 4.47. The van der Waals surface area contributed by atoms with Crippen molar-refractivity contribution in [1.29, 1.82) is 0 Å². The van der Waals surface area contributed by atoms with Crippen molar-refractivity contribution in [2.24, 2.45) is 18.9 Å². The Hall–Kier alpha value is -2.01. The van der Waals surface area contributed by atoms with Gasteiger partial charge in [-0.3, -0.25) is 4.79 Å². The van der Waals surface area contributed by atoms with Crippen LogP contribution in [-0.2, 0) is 12.6 Å². The van der Waals surface area contributed by atoms with Crippen LogP contribution in [0.2, 0.25) is 0 Å². The van der Waals surface area contributed by atoms with Crippen molar-refractivity contribution in [1.82, 2.24) is 9.47 Å². The van der Waals surface area contributed by atoms with Gasteiger partial charge in [-0.05, 0) is 49.4 Å². The fraction of sp³-hybridized carbons (Fsp3) is 0.500. The number of amides is 1. The van der Waals surface area contributed by atoms with Gasteiger partial charge in [-0.15, -0.1) is 0 Å². The van der Waals surface area contributed by atoms with Gasteiger partial charge in [-0.1, -0.05) is 0 Å². The van der Waals surface area contributed by atoms with Gasteiger partial charge in [0, 0.05) is 37.9 Å². The normalized spacial score (nSPS) is 30.4. The molecule has 4 rings (SSSR count). The summed E-state index contributed by atoms with van der Waals surface area (Å²) in [6, 6.07) is 7.40. The van der Waals surface area contributed by atoms with E-state index in [-0.39, 0.29) is 11.8 Å². The minimum atomic E-state index is -0.848. The Balaban J connectivity index is 1.62. The number of furan rings is 1. The van der Waals surface area contributed by atoms with Crippen LogP contribution in [0.5, 0.6) is 0 Å².